The summed E-state index contributed by atoms with van der Waals surface area (Å²) in [6, 6.07) is 4.06. The van der Waals surface area contributed by atoms with E-state index in [0.717, 1.165) is 25.7 Å². The van der Waals surface area contributed by atoms with Crippen molar-refractivity contribution >= 4 is 17.5 Å². The Bertz CT molecular complexity index is 456. The SMILES string of the molecule is O=C(NCC1CCC(Cl)CC1)c1ccc(O)c(O)c1. The number of carbonyl (C=O) groups is 1. The van der Waals surface area contributed by atoms with Gasteiger partial charge in [0.05, 0.1) is 0 Å². The Hall–Kier alpha value is -1.42. The van der Waals surface area contributed by atoms with Crippen molar-refractivity contribution in [3.05, 3.63) is 23.8 Å². The molecule has 2 rings (SSSR count). The van der Waals surface area contributed by atoms with Crippen molar-refractivity contribution < 1.29 is 15.0 Å². The van der Waals surface area contributed by atoms with Crippen LogP contribution in [0.5, 0.6) is 11.5 Å². The van der Waals surface area contributed by atoms with Crippen LogP contribution in [0.4, 0.5) is 0 Å². The molecular formula is C14H18ClNO3. The van der Waals surface area contributed by atoms with Crippen LogP contribution in [-0.4, -0.2) is 28.0 Å². The second-order valence-electron chi connectivity index (χ2n) is 5.03. The summed E-state index contributed by atoms with van der Waals surface area (Å²) < 4.78 is 0. The molecule has 0 spiro atoms. The predicted molar refractivity (Wildman–Crippen MR) is 73.7 cm³/mol. The van der Waals surface area contributed by atoms with Crippen molar-refractivity contribution in [1.29, 1.82) is 0 Å². The first-order valence-corrected chi connectivity index (χ1v) is 6.94. The number of benzene rings is 1. The molecule has 0 atom stereocenters. The normalized spacial score (nSPS) is 23.0. The van der Waals surface area contributed by atoms with Crippen LogP contribution in [0, 0.1) is 5.92 Å². The van der Waals surface area contributed by atoms with E-state index < -0.39 is 0 Å². The van der Waals surface area contributed by atoms with Gasteiger partial charge in [-0.25, -0.2) is 0 Å². The molecule has 1 aliphatic rings. The van der Waals surface area contributed by atoms with Gasteiger partial charge < -0.3 is 15.5 Å². The van der Waals surface area contributed by atoms with Gasteiger partial charge >= 0.3 is 0 Å². The highest BCUT2D eigenvalue weighted by Crippen LogP contribution is 2.27. The Morgan fingerprint density at radius 3 is 2.53 bits per heavy atom. The Labute approximate surface area is 117 Å². The summed E-state index contributed by atoms with van der Waals surface area (Å²) in [5.41, 5.74) is 0.348. The molecular weight excluding hydrogens is 266 g/mol. The highest BCUT2D eigenvalue weighted by molar-refractivity contribution is 6.20. The number of carbonyl (C=O) groups excluding carboxylic acids is 1. The summed E-state index contributed by atoms with van der Waals surface area (Å²) in [7, 11) is 0. The van der Waals surface area contributed by atoms with E-state index in [1.165, 1.54) is 18.2 Å². The third-order valence-corrected chi connectivity index (χ3v) is 4.00. The van der Waals surface area contributed by atoms with Crippen LogP contribution in [0.2, 0.25) is 0 Å². The van der Waals surface area contributed by atoms with Crippen LogP contribution in [0.1, 0.15) is 36.0 Å². The van der Waals surface area contributed by atoms with Crippen molar-refractivity contribution in [2.75, 3.05) is 6.54 Å². The monoisotopic (exact) mass is 283 g/mol. The van der Waals surface area contributed by atoms with E-state index in [4.69, 9.17) is 11.6 Å². The number of hydrogen-bond donors (Lipinski definition) is 3. The Balaban J connectivity index is 1.85. The molecule has 0 unspecified atom stereocenters. The van der Waals surface area contributed by atoms with E-state index >= 15 is 0 Å². The average molecular weight is 284 g/mol. The van der Waals surface area contributed by atoms with Crippen LogP contribution < -0.4 is 5.32 Å². The van der Waals surface area contributed by atoms with Crippen molar-refractivity contribution in [1.82, 2.24) is 5.32 Å². The number of amides is 1. The number of alkyl halides is 1. The maximum absolute atomic E-state index is 11.9. The van der Waals surface area contributed by atoms with Crippen molar-refractivity contribution in [2.24, 2.45) is 5.92 Å². The average Bonchev–Trinajstić information content (AvgIpc) is 2.41. The zero-order valence-corrected chi connectivity index (χ0v) is 11.4. The second-order valence-corrected chi connectivity index (χ2v) is 5.65. The fraction of sp³-hybridized carbons (Fsp3) is 0.500. The molecule has 1 amide bonds. The quantitative estimate of drug-likeness (QED) is 0.590. The van der Waals surface area contributed by atoms with E-state index in [-0.39, 0.29) is 22.8 Å². The van der Waals surface area contributed by atoms with Gasteiger partial charge in [-0.15, -0.1) is 11.6 Å². The van der Waals surface area contributed by atoms with Crippen LogP contribution in [0.25, 0.3) is 0 Å². The van der Waals surface area contributed by atoms with Crippen LogP contribution in [0.3, 0.4) is 0 Å². The Morgan fingerprint density at radius 2 is 1.89 bits per heavy atom. The number of nitrogens with one attached hydrogen (secondary N) is 1. The van der Waals surface area contributed by atoms with Gasteiger partial charge in [0.1, 0.15) is 0 Å². The van der Waals surface area contributed by atoms with Gasteiger partial charge in [-0.3, -0.25) is 4.79 Å². The van der Waals surface area contributed by atoms with Crippen LogP contribution in [-0.2, 0) is 0 Å². The molecule has 5 heteroatoms. The predicted octanol–water partition coefficient (Wildman–Crippen LogP) is 2.63. The molecule has 1 fully saturated rings. The summed E-state index contributed by atoms with van der Waals surface area (Å²) in [6.07, 6.45) is 4.08. The van der Waals surface area contributed by atoms with Gasteiger partial charge in [-0.05, 0) is 49.8 Å². The van der Waals surface area contributed by atoms with E-state index in [0.29, 0.717) is 18.0 Å². The summed E-state index contributed by atoms with van der Waals surface area (Å²) >= 11 is 6.03. The molecule has 1 aromatic carbocycles. The molecule has 104 valence electrons. The van der Waals surface area contributed by atoms with Gasteiger partial charge in [-0.1, -0.05) is 0 Å². The minimum absolute atomic E-state index is 0.225. The van der Waals surface area contributed by atoms with E-state index in [1.807, 2.05) is 0 Å². The summed E-state index contributed by atoms with van der Waals surface area (Å²) in [4.78, 5) is 11.9. The maximum Gasteiger partial charge on any atom is 0.251 e. The van der Waals surface area contributed by atoms with Crippen LogP contribution >= 0.6 is 11.6 Å². The molecule has 0 aromatic heterocycles. The molecule has 0 bridgehead atoms. The zero-order valence-electron chi connectivity index (χ0n) is 10.6. The lowest BCUT2D eigenvalue weighted by Crippen LogP contribution is -2.31. The lowest BCUT2D eigenvalue weighted by molar-refractivity contribution is 0.0943. The van der Waals surface area contributed by atoms with Gasteiger partial charge in [0, 0.05) is 17.5 Å². The first-order chi connectivity index (χ1) is 9.06. The van der Waals surface area contributed by atoms with E-state index in [2.05, 4.69) is 5.32 Å². The van der Waals surface area contributed by atoms with Crippen molar-refractivity contribution in [3.8, 4) is 11.5 Å². The number of halogens is 1. The fourth-order valence-corrected chi connectivity index (χ4v) is 2.58. The molecule has 0 aliphatic heterocycles. The first kappa shape index (κ1) is 14.0. The number of phenolic OH excluding ortho intramolecular Hbond substituents is 2. The fourth-order valence-electron chi connectivity index (χ4n) is 2.33. The molecule has 19 heavy (non-hydrogen) atoms. The summed E-state index contributed by atoms with van der Waals surface area (Å²) in [5, 5.41) is 21.7. The highest BCUT2D eigenvalue weighted by Gasteiger charge is 2.20. The lowest BCUT2D eigenvalue weighted by Gasteiger charge is -2.25. The van der Waals surface area contributed by atoms with Crippen LogP contribution in [0.15, 0.2) is 18.2 Å². The standard InChI is InChI=1S/C14H18ClNO3/c15-11-4-1-9(2-5-11)8-16-14(19)10-3-6-12(17)13(18)7-10/h3,6-7,9,11,17-18H,1-2,4-5,8H2,(H,16,19). The summed E-state index contributed by atoms with van der Waals surface area (Å²) in [6.45, 7) is 0.629. The third kappa shape index (κ3) is 3.77. The zero-order chi connectivity index (χ0) is 13.8. The number of hydrogen-bond acceptors (Lipinski definition) is 3. The molecule has 4 nitrogen and oxygen atoms in total. The molecule has 1 aliphatic carbocycles. The highest BCUT2D eigenvalue weighted by atomic mass is 35.5. The molecule has 1 aromatic rings. The topological polar surface area (TPSA) is 69.6 Å². The first-order valence-electron chi connectivity index (χ1n) is 6.50. The Kier molecular flexibility index (Phi) is 4.53. The minimum atomic E-state index is -0.282. The van der Waals surface area contributed by atoms with Crippen molar-refractivity contribution in [3.63, 3.8) is 0 Å². The lowest BCUT2D eigenvalue weighted by atomic mass is 9.89. The van der Waals surface area contributed by atoms with Gasteiger partial charge in [0.25, 0.3) is 5.91 Å². The largest absolute Gasteiger partial charge is 0.504 e. The second kappa shape index (κ2) is 6.15. The minimum Gasteiger partial charge on any atom is -0.504 e. The van der Waals surface area contributed by atoms with Gasteiger partial charge in [0.2, 0.25) is 0 Å². The number of aromatic hydroxyl groups is 2. The van der Waals surface area contributed by atoms with Gasteiger partial charge in [-0.2, -0.15) is 0 Å². The Morgan fingerprint density at radius 1 is 1.21 bits per heavy atom. The van der Waals surface area contributed by atoms with E-state index in [9.17, 15) is 15.0 Å². The van der Waals surface area contributed by atoms with Crippen molar-refractivity contribution in [2.45, 2.75) is 31.1 Å². The maximum atomic E-state index is 11.9. The number of rotatable bonds is 3. The molecule has 0 saturated heterocycles. The molecule has 1 saturated carbocycles. The van der Waals surface area contributed by atoms with E-state index in [1.54, 1.807) is 0 Å². The number of phenols is 2. The smallest absolute Gasteiger partial charge is 0.251 e. The van der Waals surface area contributed by atoms with Gasteiger partial charge in [0.15, 0.2) is 11.5 Å². The molecule has 3 N–H and O–H groups in total. The summed E-state index contributed by atoms with van der Waals surface area (Å²) in [5.74, 6) is -0.264. The third-order valence-electron chi connectivity index (χ3n) is 3.57. The molecule has 0 heterocycles. The molecule has 0 radical (unpaired) electrons.